The predicted molar refractivity (Wildman–Crippen MR) is 131 cm³/mol. The molecule has 0 radical (unpaired) electrons. The first-order valence-electron chi connectivity index (χ1n) is 11.2. The van der Waals surface area contributed by atoms with E-state index in [2.05, 4.69) is 0 Å². The predicted octanol–water partition coefficient (Wildman–Crippen LogP) is 4.00. The Labute approximate surface area is 208 Å². The van der Waals surface area contributed by atoms with Crippen LogP contribution in [0.4, 0.5) is 0 Å². The van der Waals surface area contributed by atoms with E-state index < -0.39 is 22.0 Å². The lowest BCUT2D eigenvalue weighted by atomic mass is 9.94. The molecule has 0 saturated heterocycles. The highest BCUT2D eigenvalue weighted by molar-refractivity contribution is 7.89. The summed E-state index contributed by atoms with van der Waals surface area (Å²) in [4.78, 5) is 12.9. The molecule has 0 aromatic heterocycles. The number of sulfonamides is 1. The molecule has 36 heavy (non-hydrogen) atoms. The van der Waals surface area contributed by atoms with Gasteiger partial charge in [-0.3, -0.25) is 0 Å². The fourth-order valence-corrected chi connectivity index (χ4v) is 6.35. The molecule has 5 rings (SSSR count). The van der Waals surface area contributed by atoms with Crippen molar-refractivity contribution in [1.82, 2.24) is 4.31 Å². The molecule has 2 heterocycles. The second-order valence-corrected chi connectivity index (χ2v) is 10.00. The molecule has 1 N–H and O–H groups in total. The minimum Gasteiger partial charge on any atom is -0.497 e. The first-order chi connectivity index (χ1) is 17.4. The van der Waals surface area contributed by atoms with Crippen LogP contribution in [-0.2, 0) is 30.7 Å². The highest BCUT2D eigenvalue weighted by atomic mass is 32.2. The first kappa shape index (κ1) is 23.5. The number of nitrogens with zero attached hydrogens (tertiary/aromatic N) is 1. The van der Waals surface area contributed by atoms with Gasteiger partial charge in [0.15, 0.2) is 5.76 Å². The molecule has 0 fully saturated rings. The fourth-order valence-electron chi connectivity index (χ4n) is 4.52. The van der Waals surface area contributed by atoms with E-state index in [-0.39, 0.29) is 35.1 Å². The molecule has 0 spiro atoms. The third-order valence-corrected chi connectivity index (χ3v) is 7.95. The molecule has 0 saturated carbocycles. The maximum Gasteiger partial charge on any atom is 0.353 e. The number of hydrogen-bond donors (Lipinski definition) is 1. The second kappa shape index (κ2) is 9.43. The topological polar surface area (TPSA) is 102 Å². The molecule has 184 valence electrons. The van der Waals surface area contributed by atoms with Crippen LogP contribution in [0.2, 0.25) is 0 Å². The van der Waals surface area contributed by atoms with Crippen LogP contribution in [0, 0.1) is 0 Å². The van der Waals surface area contributed by atoms with Crippen molar-refractivity contribution in [2.75, 3.05) is 13.9 Å². The van der Waals surface area contributed by atoms with Crippen LogP contribution in [0.3, 0.4) is 0 Å². The zero-order chi connectivity index (χ0) is 25.3. The molecule has 1 unspecified atom stereocenters. The summed E-state index contributed by atoms with van der Waals surface area (Å²) in [6.07, 6.45) is 1.51. The van der Waals surface area contributed by atoms with E-state index in [0.29, 0.717) is 16.9 Å². The quantitative estimate of drug-likeness (QED) is 0.518. The summed E-state index contributed by atoms with van der Waals surface area (Å²) in [5.41, 5.74) is 1.51. The highest BCUT2D eigenvalue weighted by Crippen LogP contribution is 2.43. The lowest BCUT2D eigenvalue weighted by Gasteiger charge is -2.37. The Morgan fingerprint density at radius 1 is 1.06 bits per heavy atom. The maximum absolute atomic E-state index is 14.1. The standard InChI is InChI=1S/C27H23NO7S/c1-33-20-11-7-10-19(15-20)25-21-12-5-6-13-24(21)36(31,32)28(26(25)27(29)30)22(23-16-34-17-35-23)14-18-8-3-2-4-9-18/h2-13,15-16,22H,14,17H2,1H3,(H,29,30). The smallest absolute Gasteiger partial charge is 0.353 e. The Balaban J connectivity index is 1.81. The van der Waals surface area contributed by atoms with Crippen LogP contribution in [0.15, 0.2) is 101 Å². The molecule has 3 aromatic rings. The molecule has 0 aliphatic carbocycles. The Morgan fingerprint density at radius 3 is 2.50 bits per heavy atom. The number of hydrogen-bond acceptors (Lipinski definition) is 6. The number of fused-ring (bicyclic) bond motifs is 1. The summed E-state index contributed by atoms with van der Waals surface area (Å²) < 4.78 is 45.4. The number of methoxy groups -OCH3 is 1. The van der Waals surface area contributed by atoms with E-state index in [9.17, 15) is 18.3 Å². The Hall–Kier alpha value is -4.24. The minimum atomic E-state index is -4.30. The summed E-state index contributed by atoms with van der Waals surface area (Å²) >= 11 is 0. The molecule has 1 atom stereocenters. The molecular formula is C27H23NO7S. The minimum absolute atomic E-state index is 0.00500. The molecule has 3 aromatic carbocycles. The SMILES string of the molecule is COc1cccc(C2=C(C(=O)O)N(C(Cc3ccccc3)C3=COCO3)S(=O)(=O)c3ccccc32)c1. The summed E-state index contributed by atoms with van der Waals surface area (Å²) in [5.74, 6) is -0.646. The van der Waals surface area contributed by atoms with Gasteiger partial charge in [0.2, 0.25) is 6.79 Å². The lowest BCUT2D eigenvalue weighted by molar-refractivity contribution is -0.134. The number of rotatable bonds is 7. The Morgan fingerprint density at radius 2 is 1.81 bits per heavy atom. The fraction of sp³-hybridized carbons (Fsp3) is 0.148. The molecule has 9 heteroatoms. The van der Waals surface area contributed by atoms with Gasteiger partial charge in [0.25, 0.3) is 10.0 Å². The molecule has 2 aliphatic heterocycles. The van der Waals surface area contributed by atoms with E-state index in [4.69, 9.17) is 14.2 Å². The van der Waals surface area contributed by atoms with Crippen LogP contribution >= 0.6 is 0 Å². The van der Waals surface area contributed by atoms with E-state index in [1.54, 1.807) is 42.5 Å². The van der Waals surface area contributed by atoms with Gasteiger partial charge < -0.3 is 19.3 Å². The van der Waals surface area contributed by atoms with Gasteiger partial charge in [-0.2, -0.15) is 0 Å². The second-order valence-electron chi connectivity index (χ2n) is 8.21. The number of carboxylic acid groups (broad SMARTS) is 1. The van der Waals surface area contributed by atoms with Gasteiger partial charge >= 0.3 is 5.97 Å². The average molecular weight is 506 g/mol. The first-order valence-corrected chi connectivity index (χ1v) is 12.6. The molecule has 8 nitrogen and oxygen atoms in total. The summed E-state index contributed by atoms with van der Waals surface area (Å²) in [5, 5.41) is 10.5. The van der Waals surface area contributed by atoms with Gasteiger partial charge in [-0.15, -0.1) is 0 Å². The van der Waals surface area contributed by atoms with Crippen LogP contribution < -0.4 is 4.74 Å². The summed E-state index contributed by atoms with van der Waals surface area (Å²) in [7, 11) is -2.79. The number of carbonyl (C=O) groups is 1. The molecule has 2 aliphatic rings. The van der Waals surface area contributed by atoms with Crippen molar-refractivity contribution < 1.29 is 32.5 Å². The van der Waals surface area contributed by atoms with E-state index in [1.807, 2.05) is 30.3 Å². The zero-order valence-electron chi connectivity index (χ0n) is 19.3. The van der Waals surface area contributed by atoms with Gasteiger partial charge in [-0.1, -0.05) is 60.7 Å². The Kier molecular flexibility index (Phi) is 6.15. The van der Waals surface area contributed by atoms with E-state index in [1.165, 1.54) is 19.4 Å². The van der Waals surface area contributed by atoms with Gasteiger partial charge in [-0.25, -0.2) is 17.5 Å². The van der Waals surface area contributed by atoms with Crippen molar-refractivity contribution in [3.8, 4) is 5.75 Å². The van der Waals surface area contributed by atoms with Gasteiger partial charge in [0.05, 0.1) is 12.0 Å². The van der Waals surface area contributed by atoms with Gasteiger partial charge in [-0.05, 0) is 29.3 Å². The normalized spacial score (nSPS) is 16.9. The lowest BCUT2D eigenvalue weighted by Crippen LogP contribution is -2.46. The summed E-state index contributed by atoms with van der Waals surface area (Å²) in [6, 6.07) is 21.5. The third kappa shape index (κ3) is 4.07. The van der Waals surface area contributed by atoms with E-state index >= 15 is 0 Å². The summed E-state index contributed by atoms with van der Waals surface area (Å²) in [6.45, 7) is -0.0834. The van der Waals surface area contributed by atoms with Crippen molar-refractivity contribution >= 4 is 21.6 Å². The van der Waals surface area contributed by atoms with Gasteiger partial charge in [0.1, 0.15) is 23.8 Å². The van der Waals surface area contributed by atoms with Gasteiger partial charge in [0, 0.05) is 17.6 Å². The average Bonchev–Trinajstić information content (AvgIpc) is 3.43. The third-order valence-electron chi connectivity index (χ3n) is 6.09. The Bertz CT molecular complexity index is 1480. The van der Waals surface area contributed by atoms with E-state index in [0.717, 1.165) is 9.87 Å². The van der Waals surface area contributed by atoms with Crippen LogP contribution in [0.25, 0.3) is 5.57 Å². The molecular weight excluding hydrogens is 482 g/mol. The molecule has 0 bridgehead atoms. The van der Waals surface area contributed by atoms with Crippen LogP contribution in [-0.4, -0.2) is 43.7 Å². The van der Waals surface area contributed by atoms with Crippen LogP contribution in [0.1, 0.15) is 16.7 Å². The van der Waals surface area contributed by atoms with Crippen molar-refractivity contribution in [3.63, 3.8) is 0 Å². The van der Waals surface area contributed by atoms with Crippen molar-refractivity contribution in [1.29, 1.82) is 0 Å². The largest absolute Gasteiger partial charge is 0.497 e. The zero-order valence-corrected chi connectivity index (χ0v) is 20.1. The number of benzene rings is 3. The number of ether oxygens (including phenoxy) is 3. The van der Waals surface area contributed by atoms with Crippen molar-refractivity contribution in [2.24, 2.45) is 0 Å². The van der Waals surface area contributed by atoms with Crippen LogP contribution in [0.5, 0.6) is 5.75 Å². The number of aliphatic carboxylic acids is 1. The number of carboxylic acids is 1. The monoisotopic (exact) mass is 505 g/mol. The molecule has 0 amide bonds. The van der Waals surface area contributed by atoms with Crippen molar-refractivity contribution in [3.05, 3.63) is 113 Å². The maximum atomic E-state index is 14.1. The highest BCUT2D eigenvalue weighted by Gasteiger charge is 2.46. The van der Waals surface area contributed by atoms with Crippen molar-refractivity contribution in [2.45, 2.75) is 17.4 Å².